The molecule has 0 aliphatic heterocycles. The number of aliphatic hydroxyl groups excluding tert-OH is 1. The standard InChI is InChI=1S/C16H20FNO/c1-12-6-7-13(17)10-14(12)15(19)16(11-18)8-4-2-3-5-9-16/h6-7,10,15,19H,2-5,8-9H2,1H3. The van der Waals surface area contributed by atoms with E-state index in [1.54, 1.807) is 6.07 Å². The van der Waals surface area contributed by atoms with Crippen molar-refractivity contribution in [2.45, 2.75) is 51.6 Å². The molecule has 1 saturated carbocycles. The Morgan fingerprint density at radius 3 is 2.47 bits per heavy atom. The molecule has 102 valence electrons. The van der Waals surface area contributed by atoms with Crippen molar-refractivity contribution in [2.75, 3.05) is 0 Å². The van der Waals surface area contributed by atoms with Gasteiger partial charge in [0.25, 0.3) is 0 Å². The second kappa shape index (κ2) is 5.71. The summed E-state index contributed by atoms with van der Waals surface area (Å²) < 4.78 is 13.4. The quantitative estimate of drug-likeness (QED) is 0.817. The maximum atomic E-state index is 13.4. The Hall–Kier alpha value is -1.40. The summed E-state index contributed by atoms with van der Waals surface area (Å²) >= 11 is 0. The van der Waals surface area contributed by atoms with E-state index in [9.17, 15) is 14.8 Å². The topological polar surface area (TPSA) is 44.0 Å². The minimum atomic E-state index is -0.897. The average molecular weight is 261 g/mol. The van der Waals surface area contributed by atoms with Crippen molar-refractivity contribution >= 4 is 0 Å². The van der Waals surface area contributed by atoms with Crippen LogP contribution in [-0.2, 0) is 0 Å². The van der Waals surface area contributed by atoms with E-state index in [4.69, 9.17) is 0 Å². The molecule has 0 amide bonds. The molecule has 0 aromatic heterocycles. The summed E-state index contributed by atoms with van der Waals surface area (Å²) in [6.45, 7) is 1.85. The Labute approximate surface area is 113 Å². The molecule has 0 spiro atoms. The highest BCUT2D eigenvalue weighted by molar-refractivity contribution is 5.31. The average Bonchev–Trinajstić information content (AvgIpc) is 2.67. The van der Waals surface area contributed by atoms with Gasteiger partial charge in [-0.25, -0.2) is 4.39 Å². The van der Waals surface area contributed by atoms with Gasteiger partial charge in [0.05, 0.1) is 17.6 Å². The van der Waals surface area contributed by atoms with Crippen LogP contribution in [0.3, 0.4) is 0 Å². The second-order valence-electron chi connectivity index (χ2n) is 5.59. The van der Waals surface area contributed by atoms with Crippen LogP contribution in [0, 0.1) is 29.5 Å². The zero-order valence-electron chi connectivity index (χ0n) is 11.3. The Kier molecular flexibility index (Phi) is 4.21. The lowest BCUT2D eigenvalue weighted by atomic mass is 9.73. The first kappa shape index (κ1) is 14.0. The van der Waals surface area contributed by atoms with E-state index in [1.165, 1.54) is 12.1 Å². The van der Waals surface area contributed by atoms with Gasteiger partial charge in [-0.15, -0.1) is 0 Å². The van der Waals surface area contributed by atoms with Gasteiger partial charge >= 0.3 is 0 Å². The summed E-state index contributed by atoms with van der Waals surface area (Å²) in [5.41, 5.74) is 0.644. The van der Waals surface area contributed by atoms with Crippen LogP contribution in [0.15, 0.2) is 18.2 Å². The molecule has 0 radical (unpaired) electrons. The molecule has 19 heavy (non-hydrogen) atoms. The fourth-order valence-electron chi connectivity index (χ4n) is 3.01. The summed E-state index contributed by atoms with van der Waals surface area (Å²) in [7, 11) is 0. The van der Waals surface area contributed by atoms with Gasteiger partial charge in [-0.05, 0) is 43.0 Å². The van der Waals surface area contributed by atoms with Crippen LogP contribution in [0.25, 0.3) is 0 Å². The number of aryl methyl sites for hydroxylation is 1. The first-order valence-corrected chi connectivity index (χ1v) is 6.94. The van der Waals surface area contributed by atoms with Crippen molar-refractivity contribution in [1.82, 2.24) is 0 Å². The molecule has 3 heteroatoms. The zero-order chi connectivity index (χ0) is 13.9. The van der Waals surface area contributed by atoms with Crippen molar-refractivity contribution < 1.29 is 9.50 Å². The number of rotatable bonds is 2. The third kappa shape index (κ3) is 2.79. The van der Waals surface area contributed by atoms with Crippen molar-refractivity contribution in [3.63, 3.8) is 0 Å². The van der Waals surface area contributed by atoms with Gasteiger partial charge < -0.3 is 5.11 Å². The zero-order valence-corrected chi connectivity index (χ0v) is 11.3. The number of hydrogen-bond donors (Lipinski definition) is 1. The largest absolute Gasteiger partial charge is 0.387 e. The van der Waals surface area contributed by atoms with Crippen molar-refractivity contribution in [3.8, 4) is 6.07 Å². The molecule has 1 aliphatic rings. The van der Waals surface area contributed by atoms with E-state index >= 15 is 0 Å². The highest BCUT2D eigenvalue weighted by Crippen LogP contribution is 2.45. The maximum Gasteiger partial charge on any atom is 0.123 e. The van der Waals surface area contributed by atoms with Crippen molar-refractivity contribution in [3.05, 3.63) is 35.1 Å². The van der Waals surface area contributed by atoms with Crippen LogP contribution in [0.1, 0.15) is 55.8 Å². The number of hydrogen-bond acceptors (Lipinski definition) is 2. The first-order valence-electron chi connectivity index (χ1n) is 6.94. The van der Waals surface area contributed by atoms with Crippen LogP contribution >= 0.6 is 0 Å². The molecule has 0 saturated heterocycles. The van der Waals surface area contributed by atoms with E-state index in [2.05, 4.69) is 6.07 Å². The number of nitrogens with zero attached hydrogens (tertiary/aromatic N) is 1. The molecule has 1 unspecified atom stereocenters. The van der Waals surface area contributed by atoms with E-state index < -0.39 is 11.5 Å². The van der Waals surface area contributed by atoms with Crippen LogP contribution in [-0.4, -0.2) is 5.11 Å². The minimum Gasteiger partial charge on any atom is -0.387 e. The monoisotopic (exact) mass is 261 g/mol. The molecular formula is C16H20FNO. The fourth-order valence-corrected chi connectivity index (χ4v) is 3.01. The molecule has 1 aliphatic carbocycles. The van der Waals surface area contributed by atoms with E-state index in [1.807, 2.05) is 6.92 Å². The predicted octanol–water partition coefficient (Wildman–Crippen LogP) is 4.03. The van der Waals surface area contributed by atoms with Crippen LogP contribution < -0.4 is 0 Å². The lowest BCUT2D eigenvalue weighted by Crippen LogP contribution is -2.27. The molecule has 1 N–H and O–H groups in total. The summed E-state index contributed by atoms with van der Waals surface area (Å²) in [5.74, 6) is -0.360. The number of aliphatic hydroxyl groups is 1. The van der Waals surface area contributed by atoms with Gasteiger partial charge in [0.15, 0.2) is 0 Å². The molecule has 0 heterocycles. The minimum absolute atomic E-state index is 0.360. The van der Waals surface area contributed by atoms with Crippen molar-refractivity contribution in [1.29, 1.82) is 5.26 Å². The fraction of sp³-hybridized carbons (Fsp3) is 0.562. The second-order valence-corrected chi connectivity index (χ2v) is 5.59. The van der Waals surface area contributed by atoms with E-state index in [0.29, 0.717) is 18.4 Å². The molecule has 2 nitrogen and oxygen atoms in total. The van der Waals surface area contributed by atoms with Gasteiger partial charge in [-0.1, -0.05) is 31.7 Å². The molecular weight excluding hydrogens is 241 g/mol. The van der Waals surface area contributed by atoms with Gasteiger partial charge in [0.1, 0.15) is 5.82 Å². The van der Waals surface area contributed by atoms with Gasteiger partial charge in [0, 0.05) is 0 Å². The predicted molar refractivity (Wildman–Crippen MR) is 71.8 cm³/mol. The Morgan fingerprint density at radius 2 is 1.89 bits per heavy atom. The van der Waals surface area contributed by atoms with E-state index in [-0.39, 0.29) is 5.82 Å². The lowest BCUT2D eigenvalue weighted by Gasteiger charge is -2.31. The highest BCUT2D eigenvalue weighted by atomic mass is 19.1. The SMILES string of the molecule is Cc1ccc(F)cc1C(O)C1(C#N)CCCCCC1. The lowest BCUT2D eigenvalue weighted by molar-refractivity contribution is 0.0509. The first-order chi connectivity index (χ1) is 9.09. The maximum absolute atomic E-state index is 13.4. The van der Waals surface area contributed by atoms with Crippen molar-refractivity contribution in [2.24, 2.45) is 5.41 Å². The number of benzene rings is 1. The Morgan fingerprint density at radius 1 is 1.26 bits per heavy atom. The smallest absolute Gasteiger partial charge is 0.123 e. The Balaban J connectivity index is 2.37. The highest BCUT2D eigenvalue weighted by Gasteiger charge is 2.39. The molecule has 0 bridgehead atoms. The molecule has 1 atom stereocenters. The van der Waals surface area contributed by atoms with Crippen LogP contribution in [0.4, 0.5) is 4.39 Å². The normalized spacial score (nSPS) is 20.3. The van der Waals surface area contributed by atoms with E-state index in [0.717, 1.165) is 31.2 Å². The van der Waals surface area contributed by atoms with Gasteiger partial charge in [-0.2, -0.15) is 5.26 Å². The molecule has 1 aromatic carbocycles. The molecule has 1 aromatic rings. The summed E-state index contributed by atoms with van der Waals surface area (Å²) in [6, 6.07) is 6.74. The number of nitriles is 1. The van der Waals surface area contributed by atoms with Gasteiger partial charge in [-0.3, -0.25) is 0 Å². The van der Waals surface area contributed by atoms with Gasteiger partial charge in [0.2, 0.25) is 0 Å². The third-order valence-corrected chi connectivity index (χ3v) is 4.28. The third-order valence-electron chi connectivity index (χ3n) is 4.28. The summed E-state index contributed by atoms with van der Waals surface area (Å²) in [6.07, 6.45) is 4.63. The summed E-state index contributed by atoms with van der Waals surface area (Å²) in [4.78, 5) is 0. The summed E-state index contributed by atoms with van der Waals surface area (Å²) in [5, 5.41) is 20.2. The van der Waals surface area contributed by atoms with Crippen LogP contribution in [0.2, 0.25) is 0 Å². The molecule has 2 rings (SSSR count). The van der Waals surface area contributed by atoms with Crippen LogP contribution in [0.5, 0.6) is 0 Å². The molecule has 1 fully saturated rings. The number of halogens is 1. The Bertz CT molecular complexity index is 484.